The Hall–Kier alpha value is -2.74. The van der Waals surface area contributed by atoms with Crippen LogP contribution in [0.2, 0.25) is 0 Å². The molecule has 5 nitrogen and oxygen atoms in total. The fraction of sp³-hybridized carbons (Fsp3) is 0.250. The maximum Gasteiger partial charge on any atom is 0.163 e. The van der Waals surface area contributed by atoms with Crippen LogP contribution < -0.4 is 15.5 Å². The summed E-state index contributed by atoms with van der Waals surface area (Å²) >= 11 is 0. The molecule has 0 amide bonds. The number of benzene rings is 1. The van der Waals surface area contributed by atoms with Crippen LogP contribution in [-0.4, -0.2) is 31.2 Å². The van der Waals surface area contributed by atoms with Crippen LogP contribution in [0.1, 0.15) is 5.69 Å². The Morgan fingerprint density at radius 3 is 2.24 bits per heavy atom. The Kier molecular flexibility index (Phi) is 3.61. The van der Waals surface area contributed by atoms with Gasteiger partial charge in [-0.15, -0.1) is 0 Å². The summed E-state index contributed by atoms with van der Waals surface area (Å²) < 4.78 is 0. The molecule has 106 valence electrons. The lowest BCUT2D eigenvalue weighted by molar-refractivity contribution is 0.652. The molecule has 0 atom stereocenters. The van der Waals surface area contributed by atoms with Gasteiger partial charge in [-0.3, -0.25) is 0 Å². The standard InChI is InChI=1S/C16H17N5/c17-12-14-16(6-3-7-19-14)21-10-8-20(9-11-21)15-5-2-1-4-13(15)18/h1-7H,8-11,18H2. The summed E-state index contributed by atoms with van der Waals surface area (Å²) in [5.41, 5.74) is 9.34. The molecule has 1 aromatic carbocycles. The molecule has 2 N–H and O–H groups in total. The molecule has 0 radical (unpaired) electrons. The molecule has 0 bridgehead atoms. The Bertz CT molecular complexity index is 668. The van der Waals surface area contributed by atoms with Gasteiger partial charge < -0.3 is 15.5 Å². The van der Waals surface area contributed by atoms with E-state index in [4.69, 9.17) is 11.0 Å². The Morgan fingerprint density at radius 1 is 0.952 bits per heavy atom. The number of hydrogen-bond donors (Lipinski definition) is 1. The summed E-state index contributed by atoms with van der Waals surface area (Å²) in [6, 6.07) is 13.9. The first-order valence-electron chi connectivity index (χ1n) is 6.99. The fourth-order valence-corrected chi connectivity index (χ4v) is 2.70. The van der Waals surface area contributed by atoms with Crippen molar-refractivity contribution in [2.45, 2.75) is 0 Å². The monoisotopic (exact) mass is 279 g/mol. The average Bonchev–Trinajstić information content (AvgIpc) is 2.55. The molecule has 5 heteroatoms. The van der Waals surface area contributed by atoms with Crippen LogP contribution in [0.3, 0.4) is 0 Å². The topological polar surface area (TPSA) is 69.2 Å². The van der Waals surface area contributed by atoms with E-state index in [1.54, 1.807) is 6.20 Å². The third kappa shape index (κ3) is 2.61. The number of nitriles is 1. The summed E-state index contributed by atoms with van der Waals surface area (Å²) in [6.07, 6.45) is 1.66. The molecule has 1 aliphatic heterocycles. The van der Waals surface area contributed by atoms with E-state index in [1.165, 1.54) is 0 Å². The Balaban J connectivity index is 1.74. The van der Waals surface area contributed by atoms with Crippen molar-refractivity contribution in [2.75, 3.05) is 41.7 Å². The zero-order chi connectivity index (χ0) is 14.7. The van der Waals surface area contributed by atoms with Crippen LogP contribution >= 0.6 is 0 Å². The minimum absolute atomic E-state index is 0.491. The van der Waals surface area contributed by atoms with Crippen LogP contribution in [0.5, 0.6) is 0 Å². The van der Waals surface area contributed by atoms with Gasteiger partial charge >= 0.3 is 0 Å². The molecule has 3 rings (SSSR count). The molecule has 1 aromatic heterocycles. The van der Waals surface area contributed by atoms with Crippen molar-refractivity contribution in [3.05, 3.63) is 48.3 Å². The molecule has 2 aromatic rings. The lowest BCUT2D eigenvalue weighted by Crippen LogP contribution is -2.47. The highest BCUT2D eigenvalue weighted by Crippen LogP contribution is 2.25. The summed E-state index contributed by atoms with van der Waals surface area (Å²) in [6.45, 7) is 3.48. The van der Waals surface area contributed by atoms with E-state index in [9.17, 15) is 0 Å². The number of anilines is 3. The van der Waals surface area contributed by atoms with Crippen LogP contribution in [-0.2, 0) is 0 Å². The number of hydrogen-bond acceptors (Lipinski definition) is 5. The van der Waals surface area contributed by atoms with Crippen molar-refractivity contribution in [2.24, 2.45) is 0 Å². The predicted octanol–water partition coefficient (Wildman–Crippen LogP) is 1.86. The zero-order valence-corrected chi connectivity index (χ0v) is 11.7. The van der Waals surface area contributed by atoms with Gasteiger partial charge in [0.15, 0.2) is 5.69 Å². The van der Waals surface area contributed by atoms with Crippen molar-refractivity contribution < 1.29 is 0 Å². The van der Waals surface area contributed by atoms with Gasteiger partial charge in [0.05, 0.1) is 17.1 Å². The van der Waals surface area contributed by atoms with Gasteiger partial charge in [-0.25, -0.2) is 4.98 Å². The molecular weight excluding hydrogens is 262 g/mol. The number of rotatable bonds is 2. The summed E-state index contributed by atoms with van der Waals surface area (Å²) in [5, 5.41) is 9.15. The molecular formula is C16H17N5. The van der Waals surface area contributed by atoms with E-state index in [0.29, 0.717) is 5.69 Å². The van der Waals surface area contributed by atoms with Crippen molar-refractivity contribution >= 4 is 17.1 Å². The molecule has 21 heavy (non-hydrogen) atoms. The van der Waals surface area contributed by atoms with E-state index in [-0.39, 0.29) is 0 Å². The van der Waals surface area contributed by atoms with Crippen molar-refractivity contribution in [1.82, 2.24) is 4.98 Å². The molecule has 1 aliphatic rings. The molecule has 1 fully saturated rings. The third-order valence-corrected chi connectivity index (χ3v) is 3.79. The van der Waals surface area contributed by atoms with E-state index in [2.05, 4.69) is 26.9 Å². The number of nitrogens with zero attached hydrogens (tertiary/aromatic N) is 4. The van der Waals surface area contributed by atoms with E-state index >= 15 is 0 Å². The number of piperazine rings is 1. The molecule has 0 unspecified atom stereocenters. The first-order valence-corrected chi connectivity index (χ1v) is 6.99. The molecule has 2 heterocycles. The highest BCUT2D eigenvalue weighted by Gasteiger charge is 2.20. The van der Waals surface area contributed by atoms with Crippen molar-refractivity contribution in [3.8, 4) is 6.07 Å². The van der Waals surface area contributed by atoms with E-state index < -0.39 is 0 Å². The largest absolute Gasteiger partial charge is 0.397 e. The minimum atomic E-state index is 0.491. The summed E-state index contributed by atoms with van der Waals surface area (Å²) in [7, 11) is 0. The number of nitrogens with two attached hydrogens (primary N) is 1. The van der Waals surface area contributed by atoms with E-state index in [0.717, 1.165) is 43.2 Å². The second-order valence-corrected chi connectivity index (χ2v) is 5.02. The van der Waals surface area contributed by atoms with Gasteiger partial charge in [-0.1, -0.05) is 12.1 Å². The summed E-state index contributed by atoms with van der Waals surface area (Å²) in [4.78, 5) is 8.62. The molecule has 0 aliphatic carbocycles. The number of para-hydroxylation sites is 2. The molecule has 1 saturated heterocycles. The third-order valence-electron chi connectivity index (χ3n) is 3.79. The van der Waals surface area contributed by atoms with Gasteiger partial charge in [0.2, 0.25) is 0 Å². The number of nitrogen functional groups attached to an aromatic ring is 1. The SMILES string of the molecule is N#Cc1ncccc1N1CCN(c2ccccc2N)CC1. The Labute approximate surface area is 124 Å². The van der Waals surface area contributed by atoms with E-state index in [1.807, 2.05) is 30.3 Å². The second kappa shape index (κ2) is 5.71. The maximum absolute atomic E-state index is 9.15. The Morgan fingerprint density at radius 2 is 1.57 bits per heavy atom. The second-order valence-electron chi connectivity index (χ2n) is 5.02. The highest BCUT2D eigenvalue weighted by atomic mass is 15.3. The summed E-state index contributed by atoms with van der Waals surface area (Å²) in [5.74, 6) is 0. The molecule has 0 saturated carbocycles. The highest BCUT2D eigenvalue weighted by molar-refractivity contribution is 5.68. The first kappa shape index (κ1) is 13.3. The predicted molar refractivity (Wildman–Crippen MR) is 84.2 cm³/mol. The normalized spacial score (nSPS) is 14.8. The lowest BCUT2D eigenvalue weighted by Gasteiger charge is -2.37. The van der Waals surface area contributed by atoms with Crippen molar-refractivity contribution in [3.63, 3.8) is 0 Å². The molecule has 0 spiro atoms. The quantitative estimate of drug-likeness (QED) is 0.850. The van der Waals surface area contributed by atoms with Crippen LogP contribution in [0.15, 0.2) is 42.6 Å². The smallest absolute Gasteiger partial charge is 0.163 e. The van der Waals surface area contributed by atoms with Gasteiger partial charge in [-0.2, -0.15) is 5.26 Å². The van der Waals surface area contributed by atoms with Crippen LogP contribution in [0.25, 0.3) is 0 Å². The fourth-order valence-electron chi connectivity index (χ4n) is 2.70. The van der Waals surface area contributed by atoms with Gasteiger partial charge in [0.1, 0.15) is 6.07 Å². The van der Waals surface area contributed by atoms with Gasteiger partial charge in [-0.05, 0) is 24.3 Å². The van der Waals surface area contributed by atoms with Crippen molar-refractivity contribution in [1.29, 1.82) is 5.26 Å². The minimum Gasteiger partial charge on any atom is -0.397 e. The lowest BCUT2D eigenvalue weighted by atomic mass is 10.2. The van der Waals surface area contributed by atoms with Gasteiger partial charge in [0, 0.05) is 32.4 Å². The average molecular weight is 279 g/mol. The maximum atomic E-state index is 9.15. The number of pyridine rings is 1. The number of aromatic nitrogens is 1. The van der Waals surface area contributed by atoms with Crippen LogP contribution in [0, 0.1) is 11.3 Å². The first-order chi connectivity index (χ1) is 10.3. The zero-order valence-electron chi connectivity index (χ0n) is 11.7. The van der Waals surface area contributed by atoms with Crippen LogP contribution in [0.4, 0.5) is 17.1 Å². The van der Waals surface area contributed by atoms with Gasteiger partial charge in [0.25, 0.3) is 0 Å².